The Balaban J connectivity index is 1.71. The number of nitrogens with zero attached hydrogens (tertiary/aromatic N) is 4. The number of oxime groups is 1. The molecule has 2 aromatic rings. The molecule has 0 amide bonds. The molecule has 1 aromatic carbocycles. The zero-order chi connectivity index (χ0) is 20.3. The van der Waals surface area contributed by atoms with Crippen LogP contribution in [0.5, 0.6) is 0 Å². The Hall–Kier alpha value is -2.67. The van der Waals surface area contributed by atoms with Gasteiger partial charge in [0.15, 0.2) is 5.69 Å². The van der Waals surface area contributed by atoms with Gasteiger partial charge in [0.2, 0.25) is 21.7 Å². The summed E-state index contributed by atoms with van der Waals surface area (Å²) < 4.78 is 42.7. The molecule has 1 aromatic heterocycles. The predicted octanol–water partition coefficient (Wildman–Crippen LogP) is 2.18. The van der Waals surface area contributed by atoms with Crippen LogP contribution in [0.4, 0.5) is 15.9 Å². The lowest BCUT2D eigenvalue weighted by molar-refractivity contribution is 0.305. The van der Waals surface area contributed by atoms with E-state index in [-0.39, 0.29) is 21.8 Å². The van der Waals surface area contributed by atoms with Gasteiger partial charge in [-0.15, -0.1) is 0 Å². The van der Waals surface area contributed by atoms with Gasteiger partial charge in [-0.05, 0) is 56.4 Å². The van der Waals surface area contributed by atoms with E-state index in [4.69, 9.17) is 4.63 Å². The minimum atomic E-state index is -3.28. The Kier molecular flexibility index (Phi) is 5.84. The molecule has 3 rings (SSSR count). The van der Waals surface area contributed by atoms with Crippen LogP contribution in [0.25, 0.3) is 0 Å². The second-order valence-electron chi connectivity index (χ2n) is 5.93. The van der Waals surface area contributed by atoms with E-state index in [0.29, 0.717) is 25.2 Å². The molecule has 0 saturated carbocycles. The second-order valence-corrected chi connectivity index (χ2v) is 8.72. The highest BCUT2D eigenvalue weighted by atomic mass is 79.9. The normalized spacial score (nSPS) is 14.9. The predicted molar refractivity (Wildman–Crippen MR) is 103 cm³/mol. The number of rotatable bonds is 6. The highest BCUT2D eigenvalue weighted by Crippen LogP contribution is 2.22. The number of aromatic nitrogens is 2. The maximum absolute atomic E-state index is 13.4. The lowest BCUT2D eigenvalue weighted by Gasteiger charge is -2.10. The molecule has 3 N–H and O–H groups in total. The van der Waals surface area contributed by atoms with Gasteiger partial charge in [0.1, 0.15) is 5.82 Å². The van der Waals surface area contributed by atoms with Crippen molar-refractivity contribution in [1.29, 1.82) is 0 Å². The van der Waals surface area contributed by atoms with Crippen molar-refractivity contribution < 1.29 is 22.6 Å². The molecule has 10 nitrogen and oxygen atoms in total. The molecule has 13 heteroatoms. The van der Waals surface area contributed by atoms with Crippen molar-refractivity contribution in [3.05, 3.63) is 46.0 Å². The molecule has 0 atom stereocenters. The molecular formula is C15H16BrFN6O4S. The van der Waals surface area contributed by atoms with Gasteiger partial charge < -0.3 is 15.8 Å². The van der Waals surface area contributed by atoms with Crippen molar-refractivity contribution in [3.8, 4) is 0 Å². The number of hydrogen-bond donors (Lipinski definition) is 3. The molecule has 0 radical (unpaired) electrons. The van der Waals surface area contributed by atoms with Crippen LogP contribution in [-0.4, -0.2) is 53.4 Å². The van der Waals surface area contributed by atoms with Crippen LogP contribution < -0.4 is 10.6 Å². The summed E-state index contributed by atoms with van der Waals surface area (Å²) in [6.45, 7) is 0.679. The summed E-state index contributed by atoms with van der Waals surface area (Å²) >= 11 is 3.07. The first-order valence-corrected chi connectivity index (χ1v) is 10.6. The van der Waals surface area contributed by atoms with Gasteiger partial charge in [-0.3, -0.25) is 4.31 Å². The van der Waals surface area contributed by atoms with E-state index in [1.54, 1.807) is 6.20 Å². The Morgan fingerprint density at radius 1 is 1.46 bits per heavy atom. The molecule has 150 valence electrons. The van der Waals surface area contributed by atoms with Crippen LogP contribution in [0, 0.1) is 5.82 Å². The number of benzene rings is 1. The molecule has 1 aliphatic rings. The highest BCUT2D eigenvalue weighted by molar-refractivity contribution is 9.10. The topological polar surface area (TPSA) is 133 Å². The SMILES string of the molecule is CS(=O)(=O)N1C=C(CNc2nonc2/C(=N/O)Nc2ccc(F)c(Br)c2)CC1. The number of halogens is 2. The van der Waals surface area contributed by atoms with Crippen molar-refractivity contribution in [1.82, 2.24) is 14.6 Å². The summed E-state index contributed by atoms with van der Waals surface area (Å²) in [5.41, 5.74) is 1.39. The van der Waals surface area contributed by atoms with Gasteiger partial charge in [0, 0.05) is 25.0 Å². The fourth-order valence-electron chi connectivity index (χ4n) is 2.48. The summed E-state index contributed by atoms with van der Waals surface area (Å²) in [5.74, 6) is -0.313. The van der Waals surface area contributed by atoms with Gasteiger partial charge in [-0.1, -0.05) is 5.16 Å². The summed E-state index contributed by atoms with van der Waals surface area (Å²) in [4.78, 5) is 0. The van der Waals surface area contributed by atoms with Crippen LogP contribution >= 0.6 is 15.9 Å². The third-order valence-corrected chi connectivity index (χ3v) is 5.63. The molecular weight excluding hydrogens is 459 g/mol. The maximum Gasteiger partial charge on any atom is 0.231 e. The Morgan fingerprint density at radius 2 is 2.25 bits per heavy atom. The minimum absolute atomic E-state index is 0.0691. The van der Waals surface area contributed by atoms with E-state index in [0.717, 1.165) is 11.8 Å². The quantitative estimate of drug-likeness (QED) is 0.251. The number of nitrogens with one attached hydrogen (secondary N) is 2. The van der Waals surface area contributed by atoms with Crippen molar-refractivity contribution in [2.75, 3.05) is 30.0 Å². The summed E-state index contributed by atoms with van der Waals surface area (Å²) in [5, 5.41) is 25.7. The molecule has 0 bridgehead atoms. The second kappa shape index (κ2) is 8.14. The molecule has 0 unspecified atom stereocenters. The van der Waals surface area contributed by atoms with Crippen LogP contribution in [0.2, 0.25) is 0 Å². The average Bonchev–Trinajstić information content (AvgIpc) is 3.29. The summed E-state index contributed by atoms with van der Waals surface area (Å²) in [6, 6.07) is 4.15. The Labute approximate surface area is 168 Å². The third kappa shape index (κ3) is 4.59. The molecule has 2 heterocycles. The molecule has 0 fully saturated rings. The first-order chi connectivity index (χ1) is 13.3. The molecule has 0 aliphatic carbocycles. The Morgan fingerprint density at radius 3 is 2.89 bits per heavy atom. The van der Waals surface area contributed by atoms with Gasteiger partial charge in [-0.2, -0.15) is 0 Å². The molecule has 0 saturated heterocycles. The van der Waals surface area contributed by atoms with Gasteiger partial charge in [-0.25, -0.2) is 17.4 Å². The standard InChI is InChI=1S/C15H16BrFN6O4S/c1-28(25,26)23-5-4-9(8-23)7-18-14-13(21-27-22-14)15(20-24)19-10-2-3-12(17)11(16)6-10/h2-3,6,8,24H,4-5,7H2,1H3,(H,18,22)(H,19,20). The van der Waals surface area contributed by atoms with E-state index in [1.807, 2.05) is 0 Å². The van der Waals surface area contributed by atoms with Crippen LogP contribution in [0.1, 0.15) is 12.1 Å². The zero-order valence-electron chi connectivity index (χ0n) is 14.6. The highest BCUT2D eigenvalue weighted by Gasteiger charge is 2.22. The van der Waals surface area contributed by atoms with E-state index in [2.05, 4.69) is 42.0 Å². The minimum Gasteiger partial charge on any atom is -0.409 e. The van der Waals surface area contributed by atoms with E-state index >= 15 is 0 Å². The van der Waals surface area contributed by atoms with Crippen molar-refractivity contribution in [2.45, 2.75) is 6.42 Å². The third-order valence-electron chi connectivity index (χ3n) is 3.88. The number of amidine groups is 1. The molecule has 0 spiro atoms. The fraction of sp³-hybridized carbons (Fsp3) is 0.267. The van der Waals surface area contributed by atoms with Crippen molar-refractivity contribution in [3.63, 3.8) is 0 Å². The fourth-order valence-corrected chi connectivity index (χ4v) is 3.62. The Bertz CT molecular complexity index is 1040. The molecule has 28 heavy (non-hydrogen) atoms. The van der Waals surface area contributed by atoms with Gasteiger partial charge in [0.25, 0.3) is 0 Å². The van der Waals surface area contributed by atoms with E-state index < -0.39 is 15.8 Å². The largest absolute Gasteiger partial charge is 0.409 e. The lowest BCUT2D eigenvalue weighted by atomic mass is 10.2. The van der Waals surface area contributed by atoms with Crippen LogP contribution in [0.3, 0.4) is 0 Å². The smallest absolute Gasteiger partial charge is 0.231 e. The monoisotopic (exact) mass is 474 g/mol. The first kappa shape index (κ1) is 20.1. The van der Waals surface area contributed by atoms with Gasteiger partial charge in [0.05, 0.1) is 10.7 Å². The first-order valence-electron chi connectivity index (χ1n) is 7.95. The molecule has 1 aliphatic heterocycles. The number of anilines is 2. The van der Waals surface area contributed by atoms with Crippen molar-refractivity contribution >= 4 is 43.3 Å². The summed E-state index contributed by atoms with van der Waals surface area (Å²) in [6.07, 6.45) is 3.28. The zero-order valence-corrected chi connectivity index (χ0v) is 17.0. The average molecular weight is 475 g/mol. The van der Waals surface area contributed by atoms with Crippen LogP contribution in [-0.2, 0) is 10.0 Å². The lowest BCUT2D eigenvalue weighted by Crippen LogP contribution is -2.21. The maximum atomic E-state index is 13.4. The van der Waals surface area contributed by atoms with E-state index in [9.17, 15) is 18.0 Å². The summed E-state index contributed by atoms with van der Waals surface area (Å²) in [7, 11) is -3.28. The van der Waals surface area contributed by atoms with Gasteiger partial charge >= 0.3 is 0 Å². The van der Waals surface area contributed by atoms with E-state index in [1.165, 1.54) is 22.5 Å². The van der Waals surface area contributed by atoms with Crippen LogP contribution in [0.15, 0.2) is 44.2 Å². The number of sulfonamides is 1. The number of hydrogen-bond acceptors (Lipinski definition) is 8. The van der Waals surface area contributed by atoms with Crippen molar-refractivity contribution in [2.24, 2.45) is 5.16 Å².